The van der Waals surface area contributed by atoms with E-state index in [1.807, 2.05) is 31.2 Å². The number of nitrogens with one attached hydrogen (secondary N) is 3. The molecule has 2 rings (SSSR count). The third kappa shape index (κ3) is 3.56. The summed E-state index contributed by atoms with van der Waals surface area (Å²) in [6.45, 7) is 3.96. The maximum atomic E-state index is 4.34. The molecule has 0 saturated heterocycles. The summed E-state index contributed by atoms with van der Waals surface area (Å²) >= 11 is 3.42. The van der Waals surface area contributed by atoms with Gasteiger partial charge in [-0.1, -0.05) is 28.1 Å². The zero-order chi connectivity index (χ0) is 12.1. The van der Waals surface area contributed by atoms with Crippen molar-refractivity contribution in [2.75, 3.05) is 13.1 Å². The molecule has 1 aromatic carbocycles. The summed E-state index contributed by atoms with van der Waals surface area (Å²) in [6, 6.07) is 8.10. The largest absolute Gasteiger partial charge is 0.367 e. The number of rotatable bonds is 2. The summed E-state index contributed by atoms with van der Waals surface area (Å²) in [5, 5.41) is 7.55. The lowest BCUT2D eigenvalue weighted by Crippen LogP contribution is -2.81. The van der Waals surface area contributed by atoms with Crippen molar-refractivity contribution in [1.82, 2.24) is 10.7 Å². The van der Waals surface area contributed by atoms with Crippen molar-refractivity contribution in [1.29, 1.82) is 0 Å². The van der Waals surface area contributed by atoms with Crippen LogP contribution in [0.1, 0.15) is 18.9 Å². The molecule has 0 amide bonds. The molecule has 0 bridgehead atoms. The Morgan fingerprint density at radius 2 is 2.18 bits per heavy atom. The minimum atomic E-state index is 0.882. The van der Waals surface area contributed by atoms with E-state index in [2.05, 4.69) is 36.8 Å². The van der Waals surface area contributed by atoms with E-state index >= 15 is 0 Å². The summed E-state index contributed by atoms with van der Waals surface area (Å²) in [5.41, 5.74) is 5.07. The molecule has 5 heteroatoms. The molecular formula is C12H16BrN4+. The van der Waals surface area contributed by atoms with Gasteiger partial charge in [0.1, 0.15) is 0 Å². The number of hydrazone groups is 1. The molecule has 4 nitrogen and oxygen atoms in total. The second kappa shape index (κ2) is 5.82. The molecule has 0 unspecified atom stereocenters. The lowest BCUT2D eigenvalue weighted by Gasteiger charge is -2.07. The minimum absolute atomic E-state index is 0.882. The fraction of sp³-hybridized carbons (Fsp3) is 0.333. The number of nitrogens with zero attached hydrogens (tertiary/aromatic N) is 1. The van der Waals surface area contributed by atoms with E-state index in [1.54, 1.807) is 0 Å². The Morgan fingerprint density at radius 3 is 2.82 bits per heavy atom. The van der Waals surface area contributed by atoms with Crippen LogP contribution >= 0.6 is 15.9 Å². The van der Waals surface area contributed by atoms with Crippen LogP contribution in [0.5, 0.6) is 0 Å². The van der Waals surface area contributed by atoms with Crippen molar-refractivity contribution in [2.24, 2.45) is 5.10 Å². The van der Waals surface area contributed by atoms with Crippen molar-refractivity contribution in [3.63, 3.8) is 0 Å². The van der Waals surface area contributed by atoms with E-state index in [9.17, 15) is 0 Å². The van der Waals surface area contributed by atoms with Gasteiger partial charge in [0.05, 0.1) is 18.8 Å². The van der Waals surface area contributed by atoms with Crippen LogP contribution in [0.3, 0.4) is 0 Å². The molecule has 0 aliphatic carbocycles. The van der Waals surface area contributed by atoms with Gasteiger partial charge in [0.15, 0.2) is 0 Å². The Balaban J connectivity index is 2.01. The molecule has 0 fully saturated rings. The highest BCUT2D eigenvalue weighted by Gasteiger charge is 2.08. The molecule has 3 N–H and O–H groups in total. The fourth-order valence-corrected chi connectivity index (χ4v) is 1.82. The Kier molecular flexibility index (Phi) is 4.14. The second-order valence-corrected chi connectivity index (χ2v) is 4.81. The van der Waals surface area contributed by atoms with Gasteiger partial charge in [-0.2, -0.15) is 5.43 Å². The van der Waals surface area contributed by atoms with Crippen molar-refractivity contribution in [3.8, 4) is 0 Å². The predicted molar refractivity (Wildman–Crippen MR) is 72.9 cm³/mol. The van der Waals surface area contributed by atoms with Gasteiger partial charge in [0, 0.05) is 10.9 Å². The summed E-state index contributed by atoms with van der Waals surface area (Å²) in [7, 11) is 0. The van der Waals surface area contributed by atoms with Gasteiger partial charge in [-0.05, 0) is 24.6 Å². The molecule has 0 atom stereocenters. The molecule has 1 aromatic rings. The van der Waals surface area contributed by atoms with Gasteiger partial charge in [-0.25, -0.2) is 0 Å². The van der Waals surface area contributed by atoms with Crippen LogP contribution in [0, 0.1) is 0 Å². The van der Waals surface area contributed by atoms with Crippen LogP contribution in [0.15, 0.2) is 33.8 Å². The van der Waals surface area contributed by atoms with E-state index < -0.39 is 0 Å². The predicted octanol–water partition coefficient (Wildman–Crippen LogP) is 0.193. The Labute approximate surface area is 109 Å². The van der Waals surface area contributed by atoms with Crippen LogP contribution in [0.2, 0.25) is 0 Å². The smallest absolute Gasteiger partial charge is 0.276 e. The average Bonchev–Trinajstić information content (AvgIpc) is 2.38. The maximum absolute atomic E-state index is 4.34. The summed E-state index contributed by atoms with van der Waals surface area (Å²) in [6.07, 6.45) is 1.14. The van der Waals surface area contributed by atoms with Gasteiger partial charge in [-0.3, -0.25) is 10.3 Å². The first kappa shape index (κ1) is 12.1. The Bertz CT molecular complexity index is 436. The van der Waals surface area contributed by atoms with Crippen LogP contribution < -0.4 is 15.7 Å². The normalized spacial score (nSPS) is 16.1. The van der Waals surface area contributed by atoms with Gasteiger partial charge < -0.3 is 0 Å². The van der Waals surface area contributed by atoms with Crippen LogP contribution in [0.4, 0.5) is 0 Å². The second-order valence-electron chi connectivity index (χ2n) is 3.90. The molecule has 1 heterocycles. The van der Waals surface area contributed by atoms with Crippen LogP contribution in [-0.4, -0.2) is 24.8 Å². The van der Waals surface area contributed by atoms with Crippen molar-refractivity contribution >= 4 is 27.6 Å². The van der Waals surface area contributed by atoms with E-state index in [1.165, 1.54) is 0 Å². The van der Waals surface area contributed by atoms with Gasteiger partial charge >= 0.3 is 5.96 Å². The average molecular weight is 296 g/mol. The number of hydrogen-bond donors (Lipinski definition) is 3. The molecule has 0 radical (unpaired) electrons. The number of benzene rings is 1. The summed E-state index contributed by atoms with van der Waals surface area (Å²) in [4.78, 5) is 3.21. The first-order valence-corrected chi connectivity index (χ1v) is 6.46. The summed E-state index contributed by atoms with van der Waals surface area (Å²) in [5.74, 6) is 0.882. The van der Waals surface area contributed by atoms with E-state index in [0.29, 0.717) is 0 Å². The highest BCUT2D eigenvalue weighted by Crippen LogP contribution is 2.10. The number of halogens is 1. The Hall–Kier alpha value is -1.36. The first-order valence-electron chi connectivity index (χ1n) is 5.66. The quantitative estimate of drug-likeness (QED) is 0.539. The minimum Gasteiger partial charge on any atom is -0.276 e. The van der Waals surface area contributed by atoms with Gasteiger partial charge in [0.25, 0.3) is 0 Å². The molecule has 90 valence electrons. The topological polar surface area (TPSA) is 50.4 Å². The van der Waals surface area contributed by atoms with E-state index in [0.717, 1.165) is 41.2 Å². The molecule has 17 heavy (non-hydrogen) atoms. The first-order chi connectivity index (χ1) is 8.25. The molecule has 0 aromatic heterocycles. The molecular weight excluding hydrogens is 280 g/mol. The van der Waals surface area contributed by atoms with Crippen molar-refractivity contribution in [3.05, 3.63) is 34.3 Å². The zero-order valence-electron chi connectivity index (χ0n) is 9.76. The van der Waals surface area contributed by atoms with Gasteiger partial charge in [-0.15, -0.1) is 5.10 Å². The molecule has 1 aliphatic rings. The van der Waals surface area contributed by atoms with Crippen molar-refractivity contribution in [2.45, 2.75) is 13.3 Å². The van der Waals surface area contributed by atoms with Crippen molar-refractivity contribution < 1.29 is 4.99 Å². The monoisotopic (exact) mass is 295 g/mol. The lowest BCUT2D eigenvalue weighted by atomic mass is 10.1. The van der Waals surface area contributed by atoms with E-state index in [4.69, 9.17) is 0 Å². The third-order valence-electron chi connectivity index (χ3n) is 2.55. The molecule has 0 saturated carbocycles. The van der Waals surface area contributed by atoms with Crippen LogP contribution in [0.25, 0.3) is 0 Å². The van der Waals surface area contributed by atoms with E-state index in [-0.39, 0.29) is 0 Å². The number of hydrogen-bond acceptors (Lipinski definition) is 3. The fourth-order valence-electron chi connectivity index (χ4n) is 1.55. The van der Waals surface area contributed by atoms with Crippen LogP contribution in [-0.2, 0) is 0 Å². The highest BCUT2D eigenvalue weighted by molar-refractivity contribution is 9.10. The standard InChI is InChI=1S/C12H15BrN4/c1-9(10-3-5-11(13)6-4-10)16-17-12-14-7-2-8-15-12/h3-6H,2,7-8H2,1H3,(H2,14,15,17)/p+1. The SMILES string of the molecule is CC(=NNC1=[NH+]CCCN1)c1ccc(Br)cc1. The maximum Gasteiger partial charge on any atom is 0.367 e. The molecule has 0 spiro atoms. The van der Waals surface area contributed by atoms with Gasteiger partial charge in [0.2, 0.25) is 0 Å². The highest BCUT2D eigenvalue weighted by atomic mass is 79.9. The number of guanidine groups is 1. The Morgan fingerprint density at radius 1 is 1.41 bits per heavy atom. The third-order valence-corrected chi connectivity index (χ3v) is 3.08. The lowest BCUT2D eigenvalue weighted by molar-refractivity contribution is -0.466. The summed E-state index contributed by atoms with van der Waals surface area (Å²) < 4.78 is 1.08. The molecule has 1 aliphatic heterocycles. The zero-order valence-corrected chi connectivity index (χ0v) is 11.3.